The first-order valence-electron chi connectivity index (χ1n) is 10.8. The van der Waals surface area contributed by atoms with E-state index in [1.54, 1.807) is 24.4 Å². The number of fused-ring (bicyclic) bond motifs is 2. The summed E-state index contributed by atoms with van der Waals surface area (Å²) in [6.45, 7) is 1.38. The molecular weight excluding hydrogens is 537 g/mol. The Hall–Kier alpha value is -2.90. The maximum Gasteiger partial charge on any atom is 0.418 e. The second kappa shape index (κ2) is 9.20. The van der Waals surface area contributed by atoms with Crippen LogP contribution in [-0.2, 0) is 31.8 Å². The van der Waals surface area contributed by atoms with Crippen LogP contribution in [-0.4, -0.2) is 34.2 Å². The highest BCUT2D eigenvalue weighted by molar-refractivity contribution is 8.00. The van der Waals surface area contributed by atoms with Gasteiger partial charge in [0.15, 0.2) is 0 Å². The van der Waals surface area contributed by atoms with Crippen molar-refractivity contribution >= 4 is 57.9 Å². The summed E-state index contributed by atoms with van der Waals surface area (Å²) in [5.41, 5.74) is -1.61. The highest BCUT2D eigenvalue weighted by atomic mass is 32.2. The summed E-state index contributed by atoms with van der Waals surface area (Å²) in [4.78, 5) is 53.6. The lowest BCUT2D eigenvalue weighted by molar-refractivity contribution is -0.144. The van der Waals surface area contributed by atoms with Crippen LogP contribution in [0.25, 0.3) is 0 Å². The molecule has 4 heterocycles. The number of thiazole rings is 1. The van der Waals surface area contributed by atoms with Crippen LogP contribution in [0.4, 0.5) is 18.9 Å². The fourth-order valence-electron chi connectivity index (χ4n) is 4.51. The van der Waals surface area contributed by atoms with E-state index in [2.05, 4.69) is 0 Å². The zero-order valence-electron chi connectivity index (χ0n) is 18.5. The van der Waals surface area contributed by atoms with Crippen LogP contribution in [0.15, 0.2) is 51.6 Å². The number of amides is 2. The largest absolute Gasteiger partial charge is 0.465 e. The monoisotopic (exact) mass is 554 g/mol. The highest BCUT2D eigenvalue weighted by Crippen LogP contribution is 2.55. The molecule has 36 heavy (non-hydrogen) atoms. The van der Waals surface area contributed by atoms with Gasteiger partial charge in [-0.05, 0) is 30.5 Å². The number of thioether (sulfide) groups is 1. The molecule has 1 saturated heterocycles. The van der Waals surface area contributed by atoms with E-state index in [9.17, 15) is 32.3 Å². The Labute approximate surface area is 214 Å². The van der Waals surface area contributed by atoms with Crippen molar-refractivity contribution in [3.63, 3.8) is 0 Å². The summed E-state index contributed by atoms with van der Waals surface area (Å²) in [6, 6.07) is 7.98. The van der Waals surface area contributed by atoms with Crippen LogP contribution in [0.1, 0.15) is 28.2 Å². The third-order valence-electron chi connectivity index (χ3n) is 5.94. The van der Waals surface area contributed by atoms with Gasteiger partial charge >= 0.3 is 17.0 Å². The number of halogens is 3. The molecular formula is C23H17F3N2O5S3. The predicted octanol–water partition coefficient (Wildman–Crippen LogP) is 4.35. The number of rotatable bonds is 5. The normalized spacial score (nSPS) is 21.4. The number of ether oxygens (including phenoxy) is 1. The number of imide groups is 1. The van der Waals surface area contributed by atoms with E-state index < -0.39 is 57.2 Å². The summed E-state index contributed by atoms with van der Waals surface area (Å²) in [6.07, 6.45) is -4.77. The minimum Gasteiger partial charge on any atom is -0.465 e. The second-order valence-corrected chi connectivity index (χ2v) is 11.1. The molecule has 0 unspecified atom stereocenters. The van der Waals surface area contributed by atoms with Crippen molar-refractivity contribution in [2.24, 2.45) is 5.92 Å². The van der Waals surface area contributed by atoms with E-state index in [-0.39, 0.29) is 13.2 Å². The number of para-hydroxylation sites is 1. The van der Waals surface area contributed by atoms with Gasteiger partial charge in [0.05, 0.1) is 28.8 Å². The lowest BCUT2D eigenvalue weighted by Gasteiger charge is -2.29. The van der Waals surface area contributed by atoms with Crippen LogP contribution < -0.4 is 9.77 Å². The number of hydrogen-bond donors (Lipinski definition) is 0. The Morgan fingerprint density at radius 2 is 1.83 bits per heavy atom. The van der Waals surface area contributed by atoms with E-state index in [4.69, 9.17) is 4.74 Å². The molecule has 3 aromatic rings. The molecule has 0 spiro atoms. The van der Waals surface area contributed by atoms with Gasteiger partial charge in [-0.15, -0.1) is 11.3 Å². The number of nitrogens with zero attached hydrogens (tertiary/aromatic N) is 2. The van der Waals surface area contributed by atoms with Gasteiger partial charge in [0, 0.05) is 15.7 Å². The quantitative estimate of drug-likeness (QED) is 0.345. The van der Waals surface area contributed by atoms with Crippen molar-refractivity contribution in [2.75, 3.05) is 11.5 Å². The Kier molecular flexibility index (Phi) is 6.33. The van der Waals surface area contributed by atoms with Gasteiger partial charge in [0.25, 0.3) is 0 Å². The Bertz CT molecular complexity index is 1410. The molecule has 5 rings (SSSR count). The molecule has 3 atom stereocenters. The van der Waals surface area contributed by atoms with Crippen LogP contribution in [0.2, 0.25) is 0 Å². The Morgan fingerprint density at radius 3 is 2.50 bits per heavy atom. The molecule has 188 valence electrons. The second-order valence-electron chi connectivity index (χ2n) is 8.01. The van der Waals surface area contributed by atoms with E-state index in [1.807, 2.05) is 0 Å². The van der Waals surface area contributed by atoms with Gasteiger partial charge in [-0.25, -0.2) is 4.90 Å². The summed E-state index contributed by atoms with van der Waals surface area (Å²) < 4.78 is 47.4. The third kappa shape index (κ3) is 3.98. The first kappa shape index (κ1) is 24.8. The molecule has 2 aliphatic heterocycles. The van der Waals surface area contributed by atoms with Gasteiger partial charge in [-0.1, -0.05) is 41.3 Å². The lowest BCUT2D eigenvalue weighted by Crippen LogP contribution is -2.33. The summed E-state index contributed by atoms with van der Waals surface area (Å²) >= 11 is 3.12. The lowest BCUT2D eigenvalue weighted by atomic mass is 9.87. The average molecular weight is 555 g/mol. The highest BCUT2D eigenvalue weighted by Gasteiger charge is 2.58. The van der Waals surface area contributed by atoms with Crippen molar-refractivity contribution in [3.05, 3.63) is 66.8 Å². The number of aromatic nitrogens is 1. The zero-order chi connectivity index (χ0) is 25.8. The summed E-state index contributed by atoms with van der Waals surface area (Å²) in [5.74, 6) is -3.91. The number of hydrogen-bond acceptors (Lipinski definition) is 8. The Morgan fingerprint density at radius 1 is 1.08 bits per heavy atom. The molecule has 1 fully saturated rings. The molecule has 2 aliphatic rings. The van der Waals surface area contributed by atoms with Gasteiger partial charge in [0.1, 0.15) is 11.8 Å². The van der Waals surface area contributed by atoms with Crippen LogP contribution in [0.3, 0.4) is 0 Å². The summed E-state index contributed by atoms with van der Waals surface area (Å²) in [5, 5.41) is 1.06. The van der Waals surface area contributed by atoms with Gasteiger partial charge in [-0.2, -0.15) is 13.2 Å². The topological polar surface area (TPSA) is 85.7 Å². The molecule has 0 aliphatic carbocycles. The molecule has 0 N–H and O–H groups in total. The minimum absolute atomic E-state index is 0.121. The molecule has 0 radical (unpaired) electrons. The maximum absolute atomic E-state index is 13.7. The molecule has 13 heteroatoms. The first-order valence-corrected chi connectivity index (χ1v) is 13.3. The number of carbonyl (C=O) groups is 3. The van der Waals surface area contributed by atoms with Crippen molar-refractivity contribution in [1.29, 1.82) is 0 Å². The van der Waals surface area contributed by atoms with Crippen molar-refractivity contribution in [2.45, 2.75) is 35.8 Å². The van der Waals surface area contributed by atoms with Gasteiger partial charge in [0.2, 0.25) is 11.8 Å². The van der Waals surface area contributed by atoms with Crippen LogP contribution >= 0.6 is 34.4 Å². The van der Waals surface area contributed by atoms with Crippen molar-refractivity contribution in [1.82, 2.24) is 4.57 Å². The van der Waals surface area contributed by atoms with Crippen LogP contribution in [0.5, 0.6) is 0 Å². The van der Waals surface area contributed by atoms with Gasteiger partial charge < -0.3 is 4.74 Å². The first-order chi connectivity index (χ1) is 17.1. The molecule has 1 aromatic carbocycles. The standard InChI is InChI=1S/C23H17F3N2O5S3/c1-2-33-14(29)10-27-21-18(36-22(27)32)15(13-8-5-9-34-13)16-17(35-21)20(31)28(19(16)30)12-7-4-3-6-11(12)23(24,25)26/h3-9,15-17H,2,10H2,1H3/t15-,16-,17+/m0/s1. The van der Waals surface area contributed by atoms with E-state index >= 15 is 0 Å². The molecule has 2 aromatic heterocycles. The predicted molar refractivity (Wildman–Crippen MR) is 128 cm³/mol. The van der Waals surface area contributed by atoms with E-state index in [1.165, 1.54) is 28.0 Å². The van der Waals surface area contributed by atoms with E-state index in [0.29, 0.717) is 19.7 Å². The third-order valence-corrected chi connectivity index (χ3v) is 9.50. The molecule has 7 nitrogen and oxygen atoms in total. The number of benzene rings is 1. The molecule has 2 amide bonds. The van der Waals surface area contributed by atoms with E-state index in [0.717, 1.165) is 35.2 Å². The van der Waals surface area contributed by atoms with Crippen molar-refractivity contribution < 1.29 is 32.3 Å². The Balaban J connectivity index is 1.64. The van der Waals surface area contributed by atoms with Crippen molar-refractivity contribution in [3.8, 4) is 0 Å². The number of thiophene rings is 1. The van der Waals surface area contributed by atoms with Gasteiger partial charge in [-0.3, -0.25) is 23.7 Å². The number of anilines is 1. The number of esters is 1. The molecule has 0 saturated carbocycles. The summed E-state index contributed by atoms with van der Waals surface area (Å²) in [7, 11) is 0. The smallest absolute Gasteiger partial charge is 0.418 e. The fraction of sp³-hybridized carbons (Fsp3) is 0.304. The minimum atomic E-state index is -4.77. The number of carbonyl (C=O) groups excluding carboxylic acids is 3. The van der Waals surface area contributed by atoms with Crippen LogP contribution in [0, 0.1) is 5.92 Å². The maximum atomic E-state index is 13.7. The molecule has 0 bridgehead atoms. The zero-order valence-corrected chi connectivity index (χ0v) is 20.9. The number of alkyl halides is 3. The average Bonchev–Trinajstić information content (AvgIpc) is 3.51. The fourth-order valence-corrected chi connectivity index (χ4v) is 8.23. The SMILES string of the molecule is CCOC(=O)Cn1c2c(sc1=O)[C@@H](c1cccs1)[C@@H]1C(=O)N(c3ccccc3C(F)(F)F)C(=O)[C@@H]1S2.